The summed E-state index contributed by atoms with van der Waals surface area (Å²) in [5, 5.41) is 0. The van der Waals surface area contributed by atoms with Gasteiger partial charge in [-0.15, -0.1) is 0 Å². The second kappa shape index (κ2) is 8.49. The molecule has 0 atom stereocenters. The molecular formula is C21H31FN2O2. The Kier molecular flexibility index (Phi) is 6.30. The number of hydrogen-bond acceptors (Lipinski definition) is 3. The summed E-state index contributed by atoms with van der Waals surface area (Å²) in [4.78, 5) is 16.7. The average molecular weight is 362 g/mol. The second-order valence-electron chi connectivity index (χ2n) is 8.01. The maximum Gasteiger partial charge on any atom is 0.222 e. The number of piperidine rings is 2. The fourth-order valence-electron chi connectivity index (χ4n) is 4.35. The molecule has 2 aliphatic heterocycles. The Hall–Kier alpha value is -1.46. The lowest BCUT2D eigenvalue weighted by Crippen LogP contribution is -2.51. The van der Waals surface area contributed by atoms with Crippen molar-refractivity contribution in [2.75, 3.05) is 39.9 Å². The Morgan fingerprint density at radius 1 is 1.23 bits per heavy atom. The van der Waals surface area contributed by atoms with E-state index < -0.39 is 0 Å². The molecule has 2 saturated heterocycles. The van der Waals surface area contributed by atoms with Gasteiger partial charge in [0.1, 0.15) is 5.82 Å². The number of likely N-dealkylation sites (tertiary alicyclic amines) is 2. The maximum absolute atomic E-state index is 13.5. The first-order chi connectivity index (χ1) is 12.5. The summed E-state index contributed by atoms with van der Waals surface area (Å²) < 4.78 is 18.7. The van der Waals surface area contributed by atoms with Crippen molar-refractivity contribution in [1.82, 2.24) is 9.80 Å². The smallest absolute Gasteiger partial charge is 0.222 e. The Morgan fingerprint density at radius 3 is 2.73 bits per heavy atom. The van der Waals surface area contributed by atoms with Gasteiger partial charge < -0.3 is 9.64 Å². The van der Waals surface area contributed by atoms with Crippen LogP contribution in [0.3, 0.4) is 0 Å². The van der Waals surface area contributed by atoms with E-state index in [4.69, 9.17) is 4.74 Å². The highest BCUT2D eigenvalue weighted by molar-refractivity contribution is 5.77. The van der Waals surface area contributed by atoms with E-state index in [9.17, 15) is 9.18 Å². The molecule has 0 radical (unpaired) electrons. The predicted molar refractivity (Wildman–Crippen MR) is 100 cm³/mol. The molecule has 0 aliphatic carbocycles. The second-order valence-corrected chi connectivity index (χ2v) is 8.01. The van der Waals surface area contributed by atoms with Gasteiger partial charge in [-0.3, -0.25) is 9.69 Å². The van der Waals surface area contributed by atoms with Gasteiger partial charge in [-0.25, -0.2) is 4.39 Å². The summed E-state index contributed by atoms with van der Waals surface area (Å²) >= 11 is 0. The Bertz CT molecular complexity index is 626. The van der Waals surface area contributed by atoms with E-state index in [2.05, 4.69) is 9.80 Å². The molecular weight excluding hydrogens is 331 g/mol. The average Bonchev–Trinajstić information content (AvgIpc) is 2.63. The minimum atomic E-state index is -0.156. The molecule has 0 aromatic heterocycles. The van der Waals surface area contributed by atoms with Crippen LogP contribution in [0.15, 0.2) is 18.2 Å². The van der Waals surface area contributed by atoms with Crippen LogP contribution in [0.2, 0.25) is 0 Å². The highest BCUT2D eigenvalue weighted by Crippen LogP contribution is 2.40. The molecule has 3 rings (SSSR count). The largest absolute Gasteiger partial charge is 0.385 e. The number of ether oxygens (including phenoxy) is 1. The van der Waals surface area contributed by atoms with Gasteiger partial charge in [0.05, 0.1) is 0 Å². The van der Waals surface area contributed by atoms with Crippen molar-refractivity contribution < 1.29 is 13.9 Å². The molecule has 144 valence electrons. The number of methoxy groups -OCH3 is 1. The third kappa shape index (κ3) is 4.63. The van der Waals surface area contributed by atoms with E-state index >= 15 is 0 Å². The quantitative estimate of drug-likeness (QED) is 0.728. The molecule has 1 aromatic carbocycles. The van der Waals surface area contributed by atoms with Crippen LogP contribution >= 0.6 is 0 Å². The number of amides is 1. The van der Waals surface area contributed by atoms with E-state index in [0.717, 1.165) is 69.5 Å². The zero-order valence-electron chi connectivity index (χ0n) is 16.1. The van der Waals surface area contributed by atoms with Crippen LogP contribution in [0.25, 0.3) is 0 Å². The summed E-state index contributed by atoms with van der Waals surface area (Å²) in [5.74, 6) is 0.140. The first-order valence-electron chi connectivity index (χ1n) is 9.75. The summed E-state index contributed by atoms with van der Waals surface area (Å²) in [5.41, 5.74) is 2.51. The lowest BCUT2D eigenvalue weighted by atomic mass is 9.72. The van der Waals surface area contributed by atoms with Crippen molar-refractivity contribution in [3.8, 4) is 0 Å². The van der Waals surface area contributed by atoms with Crippen molar-refractivity contribution >= 4 is 5.91 Å². The molecule has 1 spiro atoms. The molecule has 0 unspecified atom stereocenters. The van der Waals surface area contributed by atoms with Crippen LogP contribution in [-0.4, -0.2) is 55.6 Å². The van der Waals surface area contributed by atoms with Crippen LogP contribution in [0.5, 0.6) is 0 Å². The van der Waals surface area contributed by atoms with Crippen LogP contribution in [0, 0.1) is 18.2 Å². The molecule has 5 heteroatoms. The molecule has 1 aromatic rings. The third-order valence-corrected chi connectivity index (χ3v) is 6.15. The minimum Gasteiger partial charge on any atom is -0.385 e. The van der Waals surface area contributed by atoms with Crippen molar-refractivity contribution in [2.45, 2.75) is 45.6 Å². The normalized spacial score (nSPS) is 20.7. The lowest BCUT2D eigenvalue weighted by Gasteiger charge is -2.47. The Morgan fingerprint density at radius 2 is 2.00 bits per heavy atom. The minimum absolute atomic E-state index is 0.156. The molecule has 0 saturated carbocycles. The topological polar surface area (TPSA) is 32.8 Å². The number of rotatable bonds is 6. The van der Waals surface area contributed by atoms with Crippen molar-refractivity contribution in [3.63, 3.8) is 0 Å². The molecule has 2 heterocycles. The lowest BCUT2D eigenvalue weighted by molar-refractivity contribution is -0.139. The number of carbonyl (C=O) groups is 1. The zero-order chi connectivity index (χ0) is 18.6. The fourth-order valence-corrected chi connectivity index (χ4v) is 4.35. The van der Waals surface area contributed by atoms with Crippen molar-refractivity contribution in [1.29, 1.82) is 0 Å². The Labute approximate surface area is 156 Å². The molecule has 0 N–H and O–H groups in total. The number of hydrogen-bond donors (Lipinski definition) is 0. The molecule has 2 aliphatic rings. The van der Waals surface area contributed by atoms with Gasteiger partial charge in [0.15, 0.2) is 0 Å². The monoisotopic (exact) mass is 362 g/mol. The first kappa shape index (κ1) is 19.3. The summed E-state index contributed by atoms with van der Waals surface area (Å²) in [6, 6.07) is 5.05. The number of aryl methyl sites for hydroxylation is 1. The van der Waals surface area contributed by atoms with Gasteiger partial charge in [0, 0.05) is 39.8 Å². The van der Waals surface area contributed by atoms with E-state index in [1.54, 1.807) is 13.2 Å². The summed E-state index contributed by atoms with van der Waals surface area (Å²) in [6.45, 7) is 7.31. The highest BCUT2D eigenvalue weighted by atomic mass is 19.1. The van der Waals surface area contributed by atoms with E-state index in [1.165, 1.54) is 6.07 Å². The number of carbonyl (C=O) groups excluding carboxylic acids is 1. The van der Waals surface area contributed by atoms with Crippen molar-refractivity contribution in [3.05, 3.63) is 35.1 Å². The van der Waals surface area contributed by atoms with Crippen LogP contribution in [0.4, 0.5) is 4.39 Å². The van der Waals surface area contributed by atoms with Gasteiger partial charge >= 0.3 is 0 Å². The van der Waals surface area contributed by atoms with Crippen LogP contribution in [0.1, 0.15) is 43.2 Å². The number of nitrogens with zero attached hydrogens (tertiary/aromatic N) is 2. The highest BCUT2D eigenvalue weighted by Gasteiger charge is 2.40. The van der Waals surface area contributed by atoms with Crippen LogP contribution in [-0.2, 0) is 16.1 Å². The van der Waals surface area contributed by atoms with Gasteiger partial charge in [0.25, 0.3) is 0 Å². The van der Waals surface area contributed by atoms with Gasteiger partial charge in [-0.05, 0) is 74.4 Å². The van der Waals surface area contributed by atoms with Crippen LogP contribution < -0.4 is 0 Å². The van der Waals surface area contributed by atoms with Gasteiger partial charge in [-0.1, -0.05) is 6.07 Å². The molecule has 1 amide bonds. The Balaban J connectivity index is 1.55. The summed E-state index contributed by atoms with van der Waals surface area (Å²) in [6.07, 6.45) is 4.84. The van der Waals surface area contributed by atoms with Crippen molar-refractivity contribution in [2.24, 2.45) is 5.41 Å². The zero-order valence-corrected chi connectivity index (χ0v) is 16.1. The molecule has 0 bridgehead atoms. The first-order valence-corrected chi connectivity index (χ1v) is 9.75. The molecule has 26 heavy (non-hydrogen) atoms. The van der Waals surface area contributed by atoms with Gasteiger partial charge in [-0.2, -0.15) is 0 Å². The summed E-state index contributed by atoms with van der Waals surface area (Å²) in [7, 11) is 1.70. The number of halogens is 1. The maximum atomic E-state index is 13.5. The molecule has 2 fully saturated rings. The predicted octanol–water partition coefficient (Wildman–Crippen LogP) is 3.38. The number of benzene rings is 1. The fraction of sp³-hybridized carbons (Fsp3) is 0.667. The van der Waals surface area contributed by atoms with E-state index in [-0.39, 0.29) is 11.2 Å². The molecule has 4 nitrogen and oxygen atoms in total. The van der Waals surface area contributed by atoms with E-state index in [0.29, 0.717) is 18.9 Å². The third-order valence-electron chi connectivity index (χ3n) is 6.15. The van der Waals surface area contributed by atoms with Gasteiger partial charge in [0.2, 0.25) is 5.91 Å². The van der Waals surface area contributed by atoms with E-state index in [1.807, 2.05) is 13.0 Å². The SMILES string of the molecule is COCCCN1CC2(CCC1=O)CCN(Cc1cc(F)ccc1C)CC2. The standard InChI is InChI=1S/C21H31FN2O2/c1-17-4-5-19(22)14-18(17)15-23-11-8-21(9-12-23)7-6-20(25)24(16-21)10-3-13-26-2/h4-5,14H,3,6-13,15-16H2,1-2H3.